The van der Waals surface area contributed by atoms with Gasteiger partial charge in [0.1, 0.15) is 6.04 Å². The van der Waals surface area contributed by atoms with Crippen LogP contribution < -0.4 is 10.6 Å². The average Bonchev–Trinajstić information content (AvgIpc) is 3.08. The number of carbonyl (C=O) groups is 4. The topological polar surface area (TPSA) is 159 Å². The molecule has 1 heterocycles. The number of rotatable bonds is 12. The largest absolute Gasteiger partial charge is 0.480 e. The maximum Gasteiger partial charge on any atom is 0.320 e. The first-order valence-corrected chi connectivity index (χ1v) is 11.5. The smallest absolute Gasteiger partial charge is 0.320 e. The summed E-state index contributed by atoms with van der Waals surface area (Å²) in [4.78, 5) is 61.4. The van der Waals surface area contributed by atoms with E-state index in [0.29, 0.717) is 6.42 Å². The Hall–Kier alpha value is -4.12. The highest BCUT2D eigenvalue weighted by atomic mass is 16.6. The second kappa shape index (κ2) is 11.5. The minimum Gasteiger partial charge on any atom is -0.480 e. The molecule has 11 heteroatoms. The highest BCUT2D eigenvalue weighted by Crippen LogP contribution is 2.27. The monoisotopic (exact) mass is 496 g/mol. The molecule has 1 unspecified atom stereocenters. The first-order valence-electron chi connectivity index (χ1n) is 11.5. The molecule has 1 aliphatic heterocycles. The van der Waals surface area contributed by atoms with Crippen molar-refractivity contribution < 1.29 is 29.2 Å². The zero-order chi connectivity index (χ0) is 26.4. The van der Waals surface area contributed by atoms with E-state index in [9.17, 15) is 34.4 Å². The summed E-state index contributed by atoms with van der Waals surface area (Å²) in [6, 6.07) is 10.7. The van der Waals surface area contributed by atoms with Gasteiger partial charge in [-0.05, 0) is 30.4 Å². The van der Waals surface area contributed by atoms with Crippen LogP contribution in [0.25, 0.3) is 0 Å². The lowest BCUT2D eigenvalue weighted by Crippen LogP contribution is -2.52. The van der Waals surface area contributed by atoms with E-state index >= 15 is 0 Å². The number of non-ortho nitro benzene ring substituents is 1. The zero-order valence-corrected chi connectivity index (χ0v) is 20.0. The normalized spacial score (nSPS) is 14.5. The van der Waals surface area contributed by atoms with Gasteiger partial charge in [-0.25, -0.2) is 0 Å². The molecule has 0 fully saturated rings. The SMILES string of the molecule is CC(C)C[C@@H](NC(CCN1C(=O)c2ccc([N+](=O)[O-])cc2C1=O)C(=O)O)C(=O)NCc1ccccc1. The number of aliphatic carboxylic acids is 1. The second-order valence-corrected chi connectivity index (χ2v) is 8.98. The number of nitrogens with one attached hydrogen (secondary N) is 2. The number of amides is 3. The van der Waals surface area contributed by atoms with E-state index in [0.717, 1.165) is 22.6 Å². The molecule has 2 aromatic carbocycles. The van der Waals surface area contributed by atoms with E-state index in [4.69, 9.17) is 0 Å². The third kappa shape index (κ3) is 6.30. The summed E-state index contributed by atoms with van der Waals surface area (Å²) in [5, 5.41) is 26.5. The van der Waals surface area contributed by atoms with Crippen molar-refractivity contribution in [1.29, 1.82) is 0 Å². The van der Waals surface area contributed by atoms with Crippen molar-refractivity contribution in [2.75, 3.05) is 6.54 Å². The van der Waals surface area contributed by atoms with Crippen molar-refractivity contribution in [3.05, 3.63) is 75.3 Å². The van der Waals surface area contributed by atoms with Crippen LogP contribution in [0.15, 0.2) is 48.5 Å². The summed E-state index contributed by atoms with van der Waals surface area (Å²) >= 11 is 0. The fraction of sp³-hybridized carbons (Fsp3) is 0.360. The molecule has 190 valence electrons. The lowest BCUT2D eigenvalue weighted by atomic mass is 10.0. The van der Waals surface area contributed by atoms with Crippen molar-refractivity contribution in [2.24, 2.45) is 5.92 Å². The van der Waals surface area contributed by atoms with Crippen LogP contribution >= 0.6 is 0 Å². The molecule has 2 atom stereocenters. The van der Waals surface area contributed by atoms with Crippen LogP contribution in [-0.4, -0.2) is 57.2 Å². The molecule has 1 aliphatic rings. The number of benzene rings is 2. The number of nitro groups is 1. The van der Waals surface area contributed by atoms with E-state index in [1.807, 2.05) is 44.2 Å². The van der Waals surface area contributed by atoms with Gasteiger partial charge in [0, 0.05) is 25.2 Å². The molecular weight excluding hydrogens is 468 g/mol. The van der Waals surface area contributed by atoms with Crippen LogP contribution in [0.3, 0.4) is 0 Å². The van der Waals surface area contributed by atoms with Crippen LogP contribution in [0.1, 0.15) is 53.0 Å². The third-order valence-electron chi connectivity index (χ3n) is 5.84. The molecule has 3 rings (SSSR count). The molecular formula is C25H28N4O7. The molecule has 3 amide bonds. The number of imide groups is 1. The van der Waals surface area contributed by atoms with E-state index in [2.05, 4.69) is 10.6 Å². The molecule has 0 aliphatic carbocycles. The Morgan fingerprint density at radius 1 is 1.03 bits per heavy atom. The van der Waals surface area contributed by atoms with Crippen molar-refractivity contribution >= 4 is 29.4 Å². The van der Waals surface area contributed by atoms with Gasteiger partial charge in [-0.3, -0.25) is 39.5 Å². The maximum atomic E-state index is 12.9. The number of nitrogens with zero attached hydrogens (tertiary/aromatic N) is 2. The fourth-order valence-electron chi connectivity index (χ4n) is 4.00. The van der Waals surface area contributed by atoms with Gasteiger partial charge in [-0.15, -0.1) is 0 Å². The number of carbonyl (C=O) groups excluding carboxylic acids is 3. The van der Waals surface area contributed by atoms with Crippen molar-refractivity contribution in [3.8, 4) is 0 Å². The third-order valence-corrected chi connectivity index (χ3v) is 5.84. The van der Waals surface area contributed by atoms with Gasteiger partial charge in [0.2, 0.25) is 5.91 Å². The molecule has 3 N–H and O–H groups in total. The zero-order valence-electron chi connectivity index (χ0n) is 20.0. The minimum atomic E-state index is -1.23. The summed E-state index contributed by atoms with van der Waals surface area (Å²) in [7, 11) is 0. The Morgan fingerprint density at radius 3 is 2.31 bits per heavy atom. The van der Waals surface area contributed by atoms with Gasteiger partial charge in [-0.2, -0.15) is 0 Å². The Bertz CT molecular complexity index is 1170. The first kappa shape index (κ1) is 26.5. The molecule has 0 bridgehead atoms. The van der Waals surface area contributed by atoms with Gasteiger partial charge in [-0.1, -0.05) is 44.2 Å². The molecule has 11 nitrogen and oxygen atoms in total. The van der Waals surface area contributed by atoms with Crippen molar-refractivity contribution in [3.63, 3.8) is 0 Å². The predicted octanol–water partition coefficient (Wildman–Crippen LogP) is 2.35. The fourth-order valence-corrected chi connectivity index (χ4v) is 4.00. The van der Waals surface area contributed by atoms with E-state index < -0.39 is 34.8 Å². The number of hydrogen-bond donors (Lipinski definition) is 3. The quantitative estimate of drug-likeness (QED) is 0.229. The van der Waals surface area contributed by atoms with E-state index in [1.54, 1.807) is 0 Å². The summed E-state index contributed by atoms with van der Waals surface area (Å²) in [6.07, 6.45) is 0.227. The number of fused-ring (bicyclic) bond motifs is 1. The Balaban J connectivity index is 1.67. The van der Waals surface area contributed by atoms with Gasteiger partial charge >= 0.3 is 5.97 Å². The summed E-state index contributed by atoms with van der Waals surface area (Å²) in [5.74, 6) is -2.86. The van der Waals surface area contributed by atoms with Gasteiger partial charge < -0.3 is 10.4 Å². The molecule has 2 aromatic rings. The van der Waals surface area contributed by atoms with Crippen LogP contribution in [0.4, 0.5) is 5.69 Å². The number of carboxylic acids is 1. The second-order valence-electron chi connectivity index (χ2n) is 8.98. The van der Waals surface area contributed by atoms with Crippen LogP contribution in [0.5, 0.6) is 0 Å². The Labute approximate surface area is 207 Å². The van der Waals surface area contributed by atoms with Crippen LogP contribution in [0, 0.1) is 16.0 Å². The van der Waals surface area contributed by atoms with Crippen LogP contribution in [0.2, 0.25) is 0 Å². The first-order chi connectivity index (χ1) is 17.1. The lowest BCUT2D eigenvalue weighted by Gasteiger charge is -2.25. The Kier molecular flexibility index (Phi) is 8.49. The predicted molar refractivity (Wildman–Crippen MR) is 129 cm³/mol. The van der Waals surface area contributed by atoms with E-state index in [1.165, 1.54) is 6.07 Å². The minimum absolute atomic E-state index is 0.0309. The van der Waals surface area contributed by atoms with Crippen molar-refractivity contribution in [2.45, 2.75) is 45.3 Å². The molecule has 36 heavy (non-hydrogen) atoms. The number of nitro benzene ring substituents is 1. The standard InChI is InChI=1S/C25H28N4O7/c1-15(2)12-21(22(30)26-14-16-6-4-3-5-7-16)27-20(25(33)34)10-11-28-23(31)18-9-8-17(29(35)36)13-19(18)24(28)32/h3-9,13,15,20-21,27H,10-12,14H2,1-2H3,(H,26,30)(H,33,34)/t20?,21-/m1/s1. The van der Waals surface area contributed by atoms with Gasteiger partial charge in [0.25, 0.3) is 17.5 Å². The number of hydrogen-bond acceptors (Lipinski definition) is 7. The molecule has 0 radical (unpaired) electrons. The molecule has 0 spiro atoms. The highest BCUT2D eigenvalue weighted by molar-refractivity contribution is 6.21. The summed E-state index contributed by atoms with van der Waals surface area (Å²) in [6.45, 7) is 3.87. The summed E-state index contributed by atoms with van der Waals surface area (Å²) in [5.41, 5.74) is 0.519. The van der Waals surface area contributed by atoms with Crippen molar-refractivity contribution in [1.82, 2.24) is 15.5 Å². The average molecular weight is 497 g/mol. The van der Waals surface area contributed by atoms with Gasteiger partial charge in [0.15, 0.2) is 0 Å². The Morgan fingerprint density at radius 2 is 1.69 bits per heavy atom. The molecule has 0 saturated heterocycles. The van der Waals surface area contributed by atoms with Gasteiger partial charge in [0.05, 0.1) is 22.1 Å². The van der Waals surface area contributed by atoms with Crippen LogP contribution in [-0.2, 0) is 16.1 Å². The molecule has 0 aromatic heterocycles. The highest BCUT2D eigenvalue weighted by Gasteiger charge is 2.37. The summed E-state index contributed by atoms with van der Waals surface area (Å²) < 4.78 is 0. The van der Waals surface area contributed by atoms with E-state index in [-0.39, 0.29) is 48.1 Å². The maximum absolute atomic E-state index is 12.9. The number of carboxylic acid groups (broad SMARTS) is 1. The molecule has 0 saturated carbocycles. The lowest BCUT2D eigenvalue weighted by molar-refractivity contribution is -0.384.